The second-order valence-corrected chi connectivity index (χ2v) is 4.86. The Hall–Kier alpha value is -2.56. The fourth-order valence-electron chi connectivity index (χ4n) is 1.85. The molecule has 0 aliphatic heterocycles. The Morgan fingerprint density at radius 2 is 1.75 bits per heavy atom. The van der Waals surface area contributed by atoms with Gasteiger partial charge in [0.2, 0.25) is 0 Å². The SMILES string of the molecule is COCCN(/C=C(/C#N)C(=O)Nc1ccc(OC)cc1)CCOC. The molecule has 0 saturated heterocycles. The first-order chi connectivity index (χ1) is 11.6. The summed E-state index contributed by atoms with van der Waals surface area (Å²) in [6.45, 7) is 2.08. The van der Waals surface area contributed by atoms with Crippen LogP contribution in [0.4, 0.5) is 5.69 Å². The molecule has 7 nitrogen and oxygen atoms in total. The van der Waals surface area contributed by atoms with E-state index in [2.05, 4.69) is 5.32 Å². The average Bonchev–Trinajstić information content (AvgIpc) is 2.61. The fourth-order valence-corrected chi connectivity index (χ4v) is 1.85. The Morgan fingerprint density at radius 3 is 2.21 bits per heavy atom. The molecule has 0 aliphatic carbocycles. The molecule has 0 fully saturated rings. The maximum absolute atomic E-state index is 12.3. The molecule has 1 rings (SSSR count). The molecule has 0 spiro atoms. The number of hydrogen-bond acceptors (Lipinski definition) is 6. The van der Waals surface area contributed by atoms with E-state index in [0.29, 0.717) is 37.7 Å². The van der Waals surface area contributed by atoms with Crippen LogP contribution in [0.1, 0.15) is 0 Å². The fraction of sp³-hybridized carbons (Fsp3) is 0.412. The van der Waals surface area contributed by atoms with E-state index in [4.69, 9.17) is 14.2 Å². The van der Waals surface area contributed by atoms with Crippen LogP contribution >= 0.6 is 0 Å². The molecule has 130 valence electrons. The minimum absolute atomic E-state index is 0.0121. The van der Waals surface area contributed by atoms with Crippen LogP contribution in [-0.2, 0) is 14.3 Å². The molecule has 0 aromatic heterocycles. The van der Waals surface area contributed by atoms with Crippen molar-refractivity contribution in [2.75, 3.05) is 52.9 Å². The number of methoxy groups -OCH3 is 3. The molecule has 24 heavy (non-hydrogen) atoms. The molecule has 0 atom stereocenters. The first-order valence-corrected chi connectivity index (χ1v) is 7.43. The van der Waals surface area contributed by atoms with E-state index < -0.39 is 5.91 Å². The van der Waals surface area contributed by atoms with E-state index in [1.165, 1.54) is 6.20 Å². The third-order valence-corrected chi connectivity index (χ3v) is 3.19. The number of hydrogen-bond donors (Lipinski definition) is 1. The highest BCUT2D eigenvalue weighted by molar-refractivity contribution is 6.06. The van der Waals surface area contributed by atoms with Crippen LogP contribution < -0.4 is 10.1 Å². The molecule has 0 heterocycles. The molecule has 1 N–H and O–H groups in total. The minimum Gasteiger partial charge on any atom is -0.497 e. The van der Waals surface area contributed by atoms with E-state index in [1.54, 1.807) is 45.6 Å². The van der Waals surface area contributed by atoms with Crippen molar-refractivity contribution in [1.29, 1.82) is 5.26 Å². The van der Waals surface area contributed by atoms with Gasteiger partial charge in [0, 0.05) is 39.2 Å². The van der Waals surface area contributed by atoms with E-state index in [9.17, 15) is 10.1 Å². The highest BCUT2D eigenvalue weighted by atomic mass is 16.5. The smallest absolute Gasteiger partial charge is 0.267 e. The van der Waals surface area contributed by atoms with Gasteiger partial charge in [-0.1, -0.05) is 0 Å². The lowest BCUT2D eigenvalue weighted by Crippen LogP contribution is -2.27. The molecular weight excluding hydrogens is 310 g/mol. The van der Waals surface area contributed by atoms with Crippen molar-refractivity contribution in [3.63, 3.8) is 0 Å². The second kappa shape index (κ2) is 11.0. The zero-order valence-electron chi connectivity index (χ0n) is 14.2. The Balaban J connectivity index is 2.79. The lowest BCUT2D eigenvalue weighted by Gasteiger charge is -2.20. The number of nitrogens with one attached hydrogen (secondary N) is 1. The van der Waals surface area contributed by atoms with Crippen molar-refractivity contribution in [2.45, 2.75) is 0 Å². The van der Waals surface area contributed by atoms with E-state index in [1.807, 2.05) is 11.0 Å². The number of rotatable bonds is 10. The van der Waals surface area contributed by atoms with Gasteiger partial charge in [-0.15, -0.1) is 0 Å². The average molecular weight is 333 g/mol. The summed E-state index contributed by atoms with van der Waals surface area (Å²) in [5.74, 6) is 0.219. The standard InChI is InChI=1S/C17H23N3O4/c1-22-10-8-20(9-11-23-2)13-14(12-18)17(21)19-15-4-6-16(24-3)7-5-15/h4-7,13H,8-11H2,1-3H3,(H,19,21)/b14-13-. The molecule has 0 unspecified atom stereocenters. The van der Waals surface area contributed by atoms with Crippen molar-refractivity contribution in [3.8, 4) is 11.8 Å². The lowest BCUT2D eigenvalue weighted by atomic mass is 10.2. The highest BCUT2D eigenvalue weighted by Crippen LogP contribution is 2.15. The Bertz CT molecular complexity index is 570. The maximum atomic E-state index is 12.3. The van der Waals surface area contributed by atoms with Gasteiger partial charge in [0.25, 0.3) is 5.91 Å². The lowest BCUT2D eigenvalue weighted by molar-refractivity contribution is -0.112. The maximum Gasteiger partial charge on any atom is 0.267 e. The number of ether oxygens (including phenoxy) is 3. The monoisotopic (exact) mass is 333 g/mol. The third kappa shape index (κ3) is 6.69. The van der Waals surface area contributed by atoms with Crippen LogP contribution in [0.2, 0.25) is 0 Å². The van der Waals surface area contributed by atoms with E-state index >= 15 is 0 Å². The number of amides is 1. The molecule has 0 bridgehead atoms. The van der Waals surface area contributed by atoms with Crippen LogP contribution in [0.25, 0.3) is 0 Å². The summed E-state index contributed by atoms with van der Waals surface area (Å²) >= 11 is 0. The van der Waals surface area contributed by atoms with Crippen molar-refractivity contribution in [3.05, 3.63) is 36.0 Å². The molecular formula is C17H23N3O4. The zero-order valence-corrected chi connectivity index (χ0v) is 14.2. The number of anilines is 1. The van der Waals surface area contributed by atoms with Crippen molar-refractivity contribution in [2.24, 2.45) is 0 Å². The summed E-state index contributed by atoms with van der Waals surface area (Å²) < 4.78 is 15.1. The number of carbonyl (C=O) groups excluding carboxylic acids is 1. The van der Waals surface area contributed by atoms with Gasteiger partial charge in [0.05, 0.1) is 20.3 Å². The van der Waals surface area contributed by atoms with Gasteiger partial charge in [-0.3, -0.25) is 4.79 Å². The summed E-state index contributed by atoms with van der Waals surface area (Å²) in [5.41, 5.74) is 0.598. The van der Waals surface area contributed by atoms with Gasteiger partial charge in [0.15, 0.2) is 0 Å². The summed E-state index contributed by atoms with van der Waals surface area (Å²) in [6.07, 6.45) is 1.52. The Labute approximate surface area is 142 Å². The van der Waals surface area contributed by atoms with Gasteiger partial charge in [0.1, 0.15) is 17.4 Å². The van der Waals surface area contributed by atoms with Gasteiger partial charge in [-0.25, -0.2) is 0 Å². The number of carbonyl (C=O) groups is 1. The highest BCUT2D eigenvalue weighted by Gasteiger charge is 2.12. The molecule has 0 aliphatic rings. The van der Waals surface area contributed by atoms with E-state index in [0.717, 1.165) is 0 Å². The van der Waals surface area contributed by atoms with Crippen LogP contribution in [0.3, 0.4) is 0 Å². The van der Waals surface area contributed by atoms with Crippen LogP contribution in [0, 0.1) is 11.3 Å². The van der Waals surface area contributed by atoms with Crippen molar-refractivity contribution >= 4 is 11.6 Å². The first-order valence-electron chi connectivity index (χ1n) is 7.43. The zero-order chi connectivity index (χ0) is 17.8. The molecule has 1 aromatic rings. The molecule has 0 radical (unpaired) electrons. The van der Waals surface area contributed by atoms with Gasteiger partial charge < -0.3 is 24.4 Å². The van der Waals surface area contributed by atoms with Crippen molar-refractivity contribution < 1.29 is 19.0 Å². The Kier molecular flexibility index (Phi) is 8.97. The summed E-state index contributed by atoms with van der Waals surface area (Å²) in [6, 6.07) is 8.81. The topological polar surface area (TPSA) is 83.8 Å². The second-order valence-electron chi connectivity index (χ2n) is 4.86. The van der Waals surface area contributed by atoms with Crippen molar-refractivity contribution in [1.82, 2.24) is 4.90 Å². The van der Waals surface area contributed by atoms with Crippen LogP contribution in [0.5, 0.6) is 5.75 Å². The quantitative estimate of drug-likeness (QED) is 0.518. The normalized spacial score (nSPS) is 10.8. The summed E-state index contributed by atoms with van der Waals surface area (Å²) in [4.78, 5) is 14.1. The van der Waals surface area contributed by atoms with Crippen LogP contribution in [-0.4, -0.2) is 58.4 Å². The first kappa shape index (κ1) is 19.5. The number of nitrogens with zero attached hydrogens (tertiary/aromatic N) is 2. The molecule has 1 aromatic carbocycles. The number of benzene rings is 1. The molecule has 0 saturated carbocycles. The predicted molar refractivity (Wildman–Crippen MR) is 90.6 cm³/mol. The summed E-state index contributed by atoms with van der Waals surface area (Å²) in [5, 5.41) is 12.0. The van der Waals surface area contributed by atoms with Gasteiger partial charge in [-0.05, 0) is 24.3 Å². The summed E-state index contributed by atoms with van der Waals surface area (Å²) in [7, 11) is 4.76. The molecule has 1 amide bonds. The van der Waals surface area contributed by atoms with Crippen LogP contribution in [0.15, 0.2) is 36.0 Å². The Morgan fingerprint density at radius 1 is 1.17 bits per heavy atom. The minimum atomic E-state index is -0.470. The van der Waals surface area contributed by atoms with Gasteiger partial charge in [-0.2, -0.15) is 5.26 Å². The molecule has 7 heteroatoms. The van der Waals surface area contributed by atoms with Gasteiger partial charge >= 0.3 is 0 Å². The third-order valence-electron chi connectivity index (χ3n) is 3.19. The largest absolute Gasteiger partial charge is 0.497 e. The predicted octanol–water partition coefficient (Wildman–Crippen LogP) is 1.64. The van der Waals surface area contributed by atoms with E-state index in [-0.39, 0.29) is 5.57 Å². The number of nitriles is 1.